The first-order valence-corrected chi connectivity index (χ1v) is 8.85. The van der Waals surface area contributed by atoms with Gasteiger partial charge in [0, 0.05) is 22.7 Å². The molecule has 0 aliphatic carbocycles. The van der Waals surface area contributed by atoms with E-state index in [1.165, 1.54) is 0 Å². The molecule has 0 unspecified atom stereocenters. The average molecular weight is 381 g/mol. The molecule has 0 saturated heterocycles. The molecule has 6 nitrogen and oxygen atoms in total. The molecule has 0 bridgehead atoms. The first-order chi connectivity index (χ1) is 12.9. The van der Waals surface area contributed by atoms with Crippen molar-refractivity contribution >= 4 is 51.5 Å². The number of carbonyl (C=O) groups excluding carboxylic acids is 2. The average Bonchev–Trinajstić information content (AvgIpc) is 3.06. The summed E-state index contributed by atoms with van der Waals surface area (Å²) in [5.74, 6) is -0.454. The largest absolute Gasteiger partial charge is 0.451 e. The van der Waals surface area contributed by atoms with Gasteiger partial charge in [-0.25, -0.2) is 0 Å². The molecule has 3 rings (SSSR count). The van der Waals surface area contributed by atoms with Crippen molar-refractivity contribution in [3.05, 3.63) is 60.4 Å². The molecular weight excluding hydrogens is 362 g/mol. The van der Waals surface area contributed by atoms with E-state index >= 15 is 0 Å². The van der Waals surface area contributed by atoms with Crippen molar-refractivity contribution in [1.82, 2.24) is 5.32 Å². The molecule has 0 fully saturated rings. The Hall–Kier alpha value is -3.19. The molecule has 0 aliphatic rings. The summed E-state index contributed by atoms with van der Waals surface area (Å²) in [7, 11) is 0. The third-order valence-electron chi connectivity index (χ3n) is 3.79. The van der Waals surface area contributed by atoms with Crippen molar-refractivity contribution in [3.8, 4) is 0 Å². The van der Waals surface area contributed by atoms with E-state index in [1.54, 1.807) is 36.4 Å². The van der Waals surface area contributed by atoms with Gasteiger partial charge in [-0.3, -0.25) is 14.9 Å². The molecule has 3 N–H and O–H groups in total. The number of fused-ring (bicyclic) bond motifs is 1. The Balaban J connectivity index is 1.63. The third-order valence-corrected chi connectivity index (χ3v) is 3.99. The number of rotatable bonds is 4. The third kappa shape index (κ3) is 4.71. The zero-order valence-corrected chi connectivity index (χ0v) is 15.7. The van der Waals surface area contributed by atoms with E-state index in [2.05, 4.69) is 16.0 Å². The van der Waals surface area contributed by atoms with Gasteiger partial charge < -0.3 is 15.1 Å². The zero-order chi connectivity index (χ0) is 19.4. The van der Waals surface area contributed by atoms with Gasteiger partial charge in [-0.1, -0.05) is 38.1 Å². The number of furan rings is 1. The van der Waals surface area contributed by atoms with Gasteiger partial charge in [0.25, 0.3) is 5.91 Å². The fourth-order valence-corrected chi connectivity index (χ4v) is 2.59. The molecule has 138 valence electrons. The van der Waals surface area contributed by atoms with Crippen LogP contribution in [0, 0.1) is 5.92 Å². The second-order valence-corrected chi connectivity index (χ2v) is 6.69. The fourth-order valence-electron chi connectivity index (χ4n) is 2.38. The van der Waals surface area contributed by atoms with E-state index in [0.717, 1.165) is 5.39 Å². The molecule has 2 amide bonds. The smallest absolute Gasteiger partial charge is 0.293 e. The lowest BCUT2D eigenvalue weighted by molar-refractivity contribution is -0.118. The minimum atomic E-state index is -0.437. The lowest BCUT2D eigenvalue weighted by Crippen LogP contribution is -2.33. The second-order valence-electron chi connectivity index (χ2n) is 6.28. The van der Waals surface area contributed by atoms with E-state index in [-0.39, 0.29) is 22.7 Å². The lowest BCUT2D eigenvalue weighted by Gasteiger charge is -2.11. The minimum Gasteiger partial charge on any atom is -0.451 e. The molecule has 3 aromatic rings. The summed E-state index contributed by atoms with van der Waals surface area (Å²) in [6.45, 7) is 3.64. The maximum absolute atomic E-state index is 12.3. The molecule has 7 heteroatoms. The summed E-state index contributed by atoms with van der Waals surface area (Å²) >= 11 is 5.19. The Morgan fingerprint density at radius 3 is 2.37 bits per heavy atom. The Bertz CT molecular complexity index is 977. The molecular formula is C20H19N3O3S. The van der Waals surface area contributed by atoms with Gasteiger partial charge in [-0.15, -0.1) is 0 Å². The minimum absolute atomic E-state index is 0.0760. The summed E-state index contributed by atoms with van der Waals surface area (Å²) in [4.78, 5) is 24.1. The summed E-state index contributed by atoms with van der Waals surface area (Å²) < 4.78 is 5.52. The van der Waals surface area contributed by atoms with Crippen LogP contribution in [-0.4, -0.2) is 16.9 Å². The van der Waals surface area contributed by atoms with Gasteiger partial charge >= 0.3 is 0 Å². The molecule has 1 aromatic heterocycles. The molecule has 0 spiro atoms. The van der Waals surface area contributed by atoms with Crippen LogP contribution in [0.1, 0.15) is 24.4 Å². The van der Waals surface area contributed by atoms with Crippen LogP contribution < -0.4 is 16.0 Å². The number of amides is 2. The van der Waals surface area contributed by atoms with Crippen molar-refractivity contribution in [2.24, 2.45) is 5.92 Å². The highest BCUT2D eigenvalue weighted by molar-refractivity contribution is 7.80. The van der Waals surface area contributed by atoms with E-state index in [4.69, 9.17) is 16.6 Å². The summed E-state index contributed by atoms with van der Waals surface area (Å²) in [5.41, 5.74) is 1.92. The summed E-state index contributed by atoms with van der Waals surface area (Å²) in [6.07, 6.45) is 0. The highest BCUT2D eigenvalue weighted by atomic mass is 32.1. The molecule has 0 aliphatic heterocycles. The van der Waals surface area contributed by atoms with Crippen LogP contribution in [0.3, 0.4) is 0 Å². The zero-order valence-electron chi connectivity index (χ0n) is 14.9. The van der Waals surface area contributed by atoms with Crippen LogP contribution in [0.5, 0.6) is 0 Å². The van der Waals surface area contributed by atoms with Gasteiger partial charge in [-0.05, 0) is 42.5 Å². The van der Waals surface area contributed by atoms with E-state index < -0.39 is 5.91 Å². The fraction of sp³-hybridized carbons (Fsp3) is 0.150. The number of hydrogen-bond donors (Lipinski definition) is 3. The molecule has 0 radical (unpaired) electrons. The Morgan fingerprint density at radius 1 is 0.963 bits per heavy atom. The van der Waals surface area contributed by atoms with Crippen LogP contribution in [0.25, 0.3) is 11.0 Å². The number of hydrogen-bond acceptors (Lipinski definition) is 4. The van der Waals surface area contributed by atoms with Crippen molar-refractivity contribution in [1.29, 1.82) is 0 Å². The topological polar surface area (TPSA) is 83.4 Å². The Labute approximate surface area is 161 Å². The van der Waals surface area contributed by atoms with Crippen molar-refractivity contribution in [2.75, 3.05) is 10.6 Å². The Kier molecular flexibility index (Phi) is 5.52. The molecule has 1 heterocycles. The Morgan fingerprint density at radius 2 is 1.67 bits per heavy atom. The van der Waals surface area contributed by atoms with E-state index in [0.29, 0.717) is 17.0 Å². The van der Waals surface area contributed by atoms with Gasteiger partial charge in [0.2, 0.25) is 5.91 Å². The van der Waals surface area contributed by atoms with Crippen molar-refractivity contribution in [3.63, 3.8) is 0 Å². The van der Waals surface area contributed by atoms with Gasteiger partial charge in [0.15, 0.2) is 10.9 Å². The number of anilines is 2. The van der Waals surface area contributed by atoms with E-state index in [9.17, 15) is 9.59 Å². The lowest BCUT2D eigenvalue weighted by atomic mass is 10.2. The van der Waals surface area contributed by atoms with Crippen LogP contribution in [0.2, 0.25) is 0 Å². The molecule has 2 aromatic carbocycles. The van der Waals surface area contributed by atoms with Crippen LogP contribution in [-0.2, 0) is 4.79 Å². The van der Waals surface area contributed by atoms with Gasteiger partial charge in [0.1, 0.15) is 5.58 Å². The van der Waals surface area contributed by atoms with Crippen LogP contribution in [0.15, 0.2) is 59.0 Å². The predicted octanol–water partition coefficient (Wildman–Crippen LogP) is 4.15. The quantitative estimate of drug-likeness (QED) is 0.591. The number of para-hydroxylation sites is 1. The molecule has 0 atom stereocenters. The van der Waals surface area contributed by atoms with Crippen molar-refractivity contribution < 1.29 is 14.0 Å². The van der Waals surface area contributed by atoms with Crippen LogP contribution >= 0.6 is 12.2 Å². The first-order valence-electron chi connectivity index (χ1n) is 8.44. The number of thiocarbonyl (C=S) groups is 1. The van der Waals surface area contributed by atoms with Gasteiger partial charge in [0.05, 0.1) is 0 Å². The first kappa shape index (κ1) is 18.6. The standard InChI is InChI=1S/C20H19N3O3S/c1-12(2)18(24)21-14-7-5-8-15(11-14)22-20(27)23-19(25)17-10-13-6-3-4-9-16(13)26-17/h3-12H,1-2H3,(H,21,24)(H2,22,23,25,27). The molecule has 0 saturated carbocycles. The SMILES string of the molecule is CC(C)C(=O)Nc1cccc(NC(=S)NC(=O)c2cc3ccccc3o2)c1. The predicted molar refractivity (Wildman–Crippen MR) is 110 cm³/mol. The monoisotopic (exact) mass is 381 g/mol. The maximum Gasteiger partial charge on any atom is 0.293 e. The van der Waals surface area contributed by atoms with Gasteiger partial charge in [-0.2, -0.15) is 0 Å². The van der Waals surface area contributed by atoms with Crippen molar-refractivity contribution in [2.45, 2.75) is 13.8 Å². The number of benzene rings is 2. The maximum atomic E-state index is 12.3. The number of carbonyl (C=O) groups is 2. The normalized spacial score (nSPS) is 10.6. The highest BCUT2D eigenvalue weighted by Gasteiger charge is 2.14. The molecule has 27 heavy (non-hydrogen) atoms. The summed E-state index contributed by atoms with van der Waals surface area (Å²) in [6, 6.07) is 16.1. The van der Waals surface area contributed by atoms with E-state index in [1.807, 2.05) is 32.0 Å². The summed E-state index contributed by atoms with van der Waals surface area (Å²) in [5, 5.41) is 9.30. The number of nitrogens with one attached hydrogen (secondary N) is 3. The highest BCUT2D eigenvalue weighted by Crippen LogP contribution is 2.19. The van der Waals surface area contributed by atoms with Crippen LogP contribution in [0.4, 0.5) is 11.4 Å². The second kappa shape index (κ2) is 8.01.